The maximum Gasteiger partial charge on any atom is 0.271 e. The minimum absolute atomic E-state index is 0.147. The van der Waals surface area contributed by atoms with E-state index in [0.717, 1.165) is 19.3 Å². The van der Waals surface area contributed by atoms with E-state index in [1.807, 2.05) is 18.2 Å². The Labute approximate surface area is 154 Å². The van der Waals surface area contributed by atoms with E-state index in [2.05, 4.69) is 31.2 Å². The van der Waals surface area contributed by atoms with E-state index in [0.29, 0.717) is 11.6 Å². The first-order valence-electron chi connectivity index (χ1n) is 9.33. The molecule has 26 heavy (non-hydrogen) atoms. The maximum absolute atomic E-state index is 12.8. The van der Waals surface area contributed by atoms with Crippen molar-refractivity contribution in [2.24, 2.45) is 11.3 Å². The van der Waals surface area contributed by atoms with Crippen molar-refractivity contribution in [1.82, 2.24) is 15.1 Å². The number of hydrogen-bond donors (Lipinski definition) is 1. The fourth-order valence-electron chi connectivity index (χ4n) is 3.87. The topological polar surface area (TPSA) is 64.0 Å². The third-order valence-electron chi connectivity index (χ3n) is 5.23. The fraction of sp³-hybridized carbons (Fsp3) is 0.476. The highest BCUT2D eigenvalue weighted by Crippen LogP contribution is 2.38. The molecule has 0 spiro atoms. The molecule has 0 bridgehead atoms. The van der Waals surface area contributed by atoms with Crippen LogP contribution in [0.4, 0.5) is 0 Å². The summed E-state index contributed by atoms with van der Waals surface area (Å²) in [5, 5.41) is 7.46. The van der Waals surface area contributed by atoms with Gasteiger partial charge in [-0.1, -0.05) is 51.8 Å². The van der Waals surface area contributed by atoms with E-state index in [9.17, 15) is 9.59 Å². The first-order valence-corrected chi connectivity index (χ1v) is 9.33. The zero-order chi connectivity index (χ0) is 18.7. The van der Waals surface area contributed by atoms with Crippen molar-refractivity contribution < 1.29 is 4.79 Å². The minimum Gasteiger partial charge on any atom is -0.348 e. The first kappa shape index (κ1) is 18.4. The molecule has 1 aromatic heterocycles. The Morgan fingerprint density at radius 1 is 1.08 bits per heavy atom. The number of aromatic nitrogens is 2. The van der Waals surface area contributed by atoms with Crippen LogP contribution in [-0.2, 0) is 0 Å². The van der Waals surface area contributed by atoms with E-state index in [1.165, 1.54) is 23.2 Å². The zero-order valence-electron chi connectivity index (χ0n) is 15.7. The largest absolute Gasteiger partial charge is 0.348 e. The van der Waals surface area contributed by atoms with Gasteiger partial charge in [0, 0.05) is 12.1 Å². The molecule has 1 aliphatic carbocycles. The average Bonchev–Trinajstić information content (AvgIpc) is 2.62. The van der Waals surface area contributed by atoms with E-state index >= 15 is 0 Å². The monoisotopic (exact) mass is 353 g/mol. The second-order valence-electron chi connectivity index (χ2n) is 8.14. The summed E-state index contributed by atoms with van der Waals surface area (Å²) in [6.45, 7) is 6.70. The number of carbonyl (C=O) groups is 1. The van der Waals surface area contributed by atoms with Crippen molar-refractivity contribution in [2.45, 2.75) is 52.5 Å². The number of carbonyl (C=O) groups excluding carboxylic acids is 1. The van der Waals surface area contributed by atoms with Crippen molar-refractivity contribution in [3.8, 4) is 5.69 Å². The van der Waals surface area contributed by atoms with Gasteiger partial charge in [-0.2, -0.15) is 9.78 Å². The quantitative estimate of drug-likeness (QED) is 0.917. The van der Waals surface area contributed by atoms with Crippen molar-refractivity contribution in [2.75, 3.05) is 0 Å². The molecular weight excluding hydrogens is 326 g/mol. The average molecular weight is 353 g/mol. The van der Waals surface area contributed by atoms with Crippen molar-refractivity contribution in [3.05, 3.63) is 58.5 Å². The third-order valence-corrected chi connectivity index (χ3v) is 5.23. The molecule has 1 N–H and O–H groups in total. The number of para-hydroxylation sites is 1. The summed E-state index contributed by atoms with van der Waals surface area (Å²) in [5.74, 6) is 0.232. The van der Waals surface area contributed by atoms with E-state index in [-0.39, 0.29) is 28.6 Å². The van der Waals surface area contributed by atoms with Gasteiger partial charge in [-0.05, 0) is 42.4 Å². The van der Waals surface area contributed by atoms with Gasteiger partial charge in [-0.3, -0.25) is 9.59 Å². The van der Waals surface area contributed by atoms with Gasteiger partial charge in [-0.15, -0.1) is 0 Å². The molecular formula is C21H27N3O2. The molecule has 2 unspecified atom stereocenters. The summed E-state index contributed by atoms with van der Waals surface area (Å²) < 4.78 is 1.27. The molecule has 2 atom stereocenters. The molecule has 1 aromatic carbocycles. The predicted octanol–water partition coefficient (Wildman–Crippen LogP) is 3.57. The zero-order valence-corrected chi connectivity index (χ0v) is 15.7. The maximum atomic E-state index is 12.8. The lowest BCUT2D eigenvalue weighted by Crippen LogP contribution is -2.47. The molecule has 1 amide bonds. The molecule has 1 fully saturated rings. The number of nitrogens with one attached hydrogen (secondary N) is 1. The Balaban J connectivity index is 1.83. The predicted molar refractivity (Wildman–Crippen MR) is 103 cm³/mol. The highest BCUT2D eigenvalue weighted by Gasteiger charge is 2.35. The van der Waals surface area contributed by atoms with Crippen LogP contribution in [-0.4, -0.2) is 21.7 Å². The molecule has 138 valence electrons. The van der Waals surface area contributed by atoms with Gasteiger partial charge < -0.3 is 5.32 Å². The summed E-state index contributed by atoms with van der Waals surface area (Å²) in [7, 11) is 0. The lowest BCUT2D eigenvalue weighted by atomic mass is 9.69. The number of hydrogen-bond acceptors (Lipinski definition) is 3. The Hall–Kier alpha value is -2.43. The Bertz CT molecular complexity index is 821. The molecule has 1 heterocycles. The highest BCUT2D eigenvalue weighted by atomic mass is 16.2. The van der Waals surface area contributed by atoms with Crippen LogP contribution in [0.3, 0.4) is 0 Å². The minimum atomic E-state index is -0.252. The summed E-state index contributed by atoms with van der Waals surface area (Å²) in [6, 6.07) is 12.2. The van der Waals surface area contributed by atoms with Gasteiger partial charge in [0.25, 0.3) is 11.5 Å². The Morgan fingerprint density at radius 2 is 1.77 bits per heavy atom. The van der Waals surface area contributed by atoms with Gasteiger partial charge in [0.15, 0.2) is 0 Å². The number of nitrogens with zero attached hydrogens (tertiary/aromatic N) is 2. The van der Waals surface area contributed by atoms with Crippen LogP contribution in [0.2, 0.25) is 0 Å². The summed E-state index contributed by atoms with van der Waals surface area (Å²) in [6.07, 6.45) is 4.47. The normalized spacial score (nSPS) is 20.6. The standard InChI is InChI=1S/C21H27N3O2/c1-21(2,3)16-11-7-8-12-17(16)22-20(26)18-13-14-19(25)24(23-18)15-9-5-4-6-10-15/h4-6,9-10,13-14,16-17H,7-8,11-12H2,1-3H3,(H,22,26). The number of amides is 1. The van der Waals surface area contributed by atoms with Crippen molar-refractivity contribution >= 4 is 5.91 Å². The molecule has 0 aliphatic heterocycles. The molecule has 2 aromatic rings. The Morgan fingerprint density at radius 3 is 2.46 bits per heavy atom. The number of rotatable bonds is 3. The molecule has 1 saturated carbocycles. The van der Waals surface area contributed by atoms with Crippen LogP contribution in [0, 0.1) is 11.3 Å². The molecule has 5 nitrogen and oxygen atoms in total. The second kappa shape index (κ2) is 7.44. The van der Waals surface area contributed by atoms with Crippen molar-refractivity contribution in [1.29, 1.82) is 0 Å². The second-order valence-corrected chi connectivity index (χ2v) is 8.14. The molecule has 0 radical (unpaired) electrons. The summed E-state index contributed by atoms with van der Waals surface area (Å²) in [4.78, 5) is 24.9. The SMILES string of the molecule is CC(C)(C)C1CCCCC1NC(=O)c1ccc(=O)n(-c2ccccc2)n1. The number of benzene rings is 1. The smallest absolute Gasteiger partial charge is 0.271 e. The lowest BCUT2D eigenvalue weighted by molar-refractivity contribution is 0.0823. The molecule has 3 rings (SSSR count). The van der Waals surface area contributed by atoms with Crippen LogP contribution in [0.5, 0.6) is 0 Å². The van der Waals surface area contributed by atoms with Gasteiger partial charge in [0.05, 0.1) is 5.69 Å². The van der Waals surface area contributed by atoms with Gasteiger partial charge >= 0.3 is 0 Å². The Kier molecular flexibility index (Phi) is 5.25. The van der Waals surface area contributed by atoms with E-state index < -0.39 is 0 Å². The summed E-state index contributed by atoms with van der Waals surface area (Å²) in [5.41, 5.74) is 0.816. The summed E-state index contributed by atoms with van der Waals surface area (Å²) >= 11 is 0. The van der Waals surface area contributed by atoms with Gasteiger partial charge in [0.2, 0.25) is 0 Å². The van der Waals surface area contributed by atoms with Crippen LogP contribution in [0.15, 0.2) is 47.3 Å². The van der Waals surface area contributed by atoms with Gasteiger partial charge in [-0.25, -0.2) is 0 Å². The molecule has 0 saturated heterocycles. The fourth-order valence-corrected chi connectivity index (χ4v) is 3.87. The molecule has 5 heteroatoms. The van der Waals surface area contributed by atoms with Crippen LogP contribution < -0.4 is 10.9 Å². The third kappa shape index (κ3) is 4.03. The first-order chi connectivity index (χ1) is 12.4. The van der Waals surface area contributed by atoms with Crippen molar-refractivity contribution in [3.63, 3.8) is 0 Å². The lowest BCUT2D eigenvalue weighted by Gasteiger charge is -2.40. The van der Waals surface area contributed by atoms with Gasteiger partial charge in [0.1, 0.15) is 5.69 Å². The highest BCUT2D eigenvalue weighted by molar-refractivity contribution is 5.92. The van der Waals surface area contributed by atoms with E-state index in [4.69, 9.17) is 0 Å². The van der Waals surface area contributed by atoms with Crippen LogP contribution >= 0.6 is 0 Å². The van der Waals surface area contributed by atoms with Crippen LogP contribution in [0.1, 0.15) is 56.9 Å². The van der Waals surface area contributed by atoms with Crippen LogP contribution in [0.25, 0.3) is 5.69 Å². The molecule has 1 aliphatic rings. The van der Waals surface area contributed by atoms with E-state index in [1.54, 1.807) is 12.1 Å².